The molecule has 0 aliphatic carbocycles. The van der Waals surface area contributed by atoms with Crippen molar-refractivity contribution in [3.8, 4) is 11.1 Å². The van der Waals surface area contributed by atoms with Crippen molar-refractivity contribution in [3.05, 3.63) is 78.4 Å². The Hall–Kier alpha value is -2.08. The Balaban J connectivity index is 2.27. The van der Waals surface area contributed by atoms with E-state index in [1.54, 1.807) is 0 Å². The lowest BCUT2D eigenvalue weighted by Crippen LogP contribution is -1.83. The third-order valence-electron chi connectivity index (χ3n) is 3.28. The quantitative estimate of drug-likeness (QED) is 0.570. The molecule has 0 N–H and O–H groups in total. The lowest BCUT2D eigenvalue weighted by atomic mass is 9.99. The molecule has 0 heteroatoms. The molecule has 0 spiro atoms. The van der Waals surface area contributed by atoms with Gasteiger partial charge < -0.3 is 0 Å². The molecule has 0 heterocycles. The van der Waals surface area contributed by atoms with Gasteiger partial charge in [0.05, 0.1) is 0 Å². The van der Waals surface area contributed by atoms with Crippen LogP contribution in [0.2, 0.25) is 0 Å². The van der Waals surface area contributed by atoms with Crippen molar-refractivity contribution in [2.75, 3.05) is 0 Å². The second-order valence-electron chi connectivity index (χ2n) is 4.82. The van der Waals surface area contributed by atoms with E-state index in [2.05, 4.69) is 86.7 Å². The van der Waals surface area contributed by atoms with Gasteiger partial charge in [0.15, 0.2) is 0 Å². The molecule has 0 unspecified atom stereocenters. The Labute approximate surface area is 122 Å². The molecule has 102 valence electrons. The Morgan fingerprint density at radius 1 is 0.800 bits per heavy atom. The van der Waals surface area contributed by atoms with Crippen molar-refractivity contribution < 1.29 is 0 Å². The molecule has 0 saturated carbocycles. The van der Waals surface area contributed by atoms with Gasteiger partial charge in [0.1, 0.15) is 0 Å². The third-order valence-corrected chi connectivity index (χ3v) is 3.28. The highest BCUT2D eigenvalue weighted by Gasteiger charge is 2.00. The smallest absolute Gasteiger partial charge is 0.0184 e. The summed E-state index contributed by atoms with van der Waals surface area (Å²) in [5, 5.41) is 0. The number of benzene rings is 2. The summed E-state index contributed by atoms with van der Waals surface area (Å²) in [6.45, 7) is 4.34. The Kier molecular flexibility index (Phi) is 5.37. The average molecular weight is 262 g/mol. The zero-order valence-corrected chi connectivity index (χ0v) is 12.3. The zero-order chi connectivity index (χ0) is 14.2. The first kappa shape index (κ1) is 14.3. The van der Waals surface area contributed by atoms with Gasteiger partial charge in [-0.2, -0.15) is 0 Å². The van der Waals surface area contributed by atoms with Gasteiger partial charge in [0, 0.05) is 0 Å². The van der Waals surface area contributed by atoms with Crippen LogP contribution >= 0.6 is 0 Å². The van der Waals surface area contributed by atoms with E-state index in [0.29, 0.717) is 0 Å². The number of hydrogen-bond donors (Lipinski definition) is 0. The molecule has 2 aromatic rings. The number of allylic oxidation sites excluding steroid dienone is 4. The predicted molar refractivity (Wildman–Crippen MR) is 89.6 cm³/mol. The summed E-state index contributed by atoms with van der Waals surface area (Å²) in [7, 11) is 0. The van der Waals surface area contributed by atoms with E-state index in [-0.39, 0.29) is 0 Å². The molecule has 0 nitrogen and oxygen atoms in total. The summed E-state index contributed by atoms with van der Waals surface area (Å²) in [6.07, 6.45) is 8.85. The topological polar surface area (TPSA) is 0 Å². The lowest BCUT2D eigenvalue weighted by Gasteiger charge is -2.06. The standard InChI is InChI=1S/C20H22/c1-3-5-10-17(9-4-2)19-13-15-20(16-14-19)18-11-7-6-8-12-18/h5-16H,3-4H2,1-2H3/b10-5-,17-9+. The molecule has 0 radical (unpaired) electrons. The predicted octanol–water partition coefficient (Wildman–Crippen LogP) is 6.11. The largest absolute Gasteiger partial charge is 0.0842 e. The molecule has 0 amide bonds. The monoisotopic (exact) mass is 262 g/mol. The van der Waals surface area contributed by atoms with E-state index < -0.39 is 0 Å². The minimum Gasteiger partial charge on any atom is -0.0842 e. The van der Waals surface area contributed by atoms with Crippen LogP contribution < -0.4 is 0 Å². The molecule has 20 heavy (non-hydrogen) atoms. The number of rotatable bonds is 5. The maximum absolute atomic E-state index is 2.28. The molecule has 0 aliphatic heterocycles. The molecule has 0 bridgehead atoms. The molecular weight excluding hydrogens is 240 g/mol. The van der Waals surface area contributed by atoms with Crippen LogP contribution in [0, 0.1) is 0 Å². The number of hydrogen-bond acceptors (Lipinski definition) is 0. The minimum absolute atomic E-state index is 1.06. The van der Waals surface area contributed by atoms with E-state index in [0.717, 1.165) is 12.8 Å². The fourth-order valence-corrected chi connectivity index (χ4v) is 2.23. The van der Waals surface area contributed by atoms with E-state index in [9.17, 15) is 0 Å². The first-order valence-electron chi connectivity index (χ1n) is 7.37. The van der Waals surface area contributed by atoms with Crippen LogP contribution in [0.15, 0.2) is 72.8 Å². The van der Waals surface area contributed by atoms with Gasteiger partial charge in [-0.1, -0.05) is 86.7 Å². The van der Waals surface area contributed by atoms with Crippen LogP contribution in [-0.4, -0.2) is 0 Å². The van der Waals surface area contributed by atoms with Gasteiger partial charge in [0.2, 0.25) is 0 Å². The van der Waals surface area contributed by atoms with E-state index in [1.165, 1.54) is 22.3 Å². The van der Waals surface area contributed by atoms with Gasteiger partial charge in [-0.05, 0) is 35.1 Å². The highest BCUT2D eigenvalue weighted by atomic mass is 14.0. The van der Waals surface area contributed by atoms with Crippen molar-refractivity contribution in [3.63, 3.8) is 0 Å². The Morgan fingerprint density at radius 2 is 1.45 bits per heavy atom. The van der Waals surface area contributed by atoms with Gasteiger partial charge in [-0.15, -0.1) is 0 Å². The summed E-state index contributed by atoms with van der Waals surface area (Å²) in [4.78, 5) is 0. The highest BCUT2D eigenvalue weighted by Crippen LogP contribution is 2.23. The third kappa shape index (κ3) is 3.71. The van der Waals surface area contributed by atoms with Crippen LogP contribution in [-0.2, 0) is 0 Å². The summed E-state index contributed by atoms with van der Waals surface area (Å²) in [5.41, 5.74) is 5.14. The first-order valence-corrected chi connectivity index (χ1v) is 7.37. The SMILES string of the molecule is CC/C=C\C(=C/CC)c1ccc(-c2ccccc2)cc1. The van der Waals surface area contributed by atoms with Crippen LogP contribution in [0.3, 0.4) is 0 Å². The van der Waals surface area contributed by atoms with Crippen LogP contribution in [0.4, 0.5) is 0 Å². The summed E-state index contributed by atoms with van der Waals surface area (Å²) in [5.74, 6) is 0. The molecule has 0 fully saturated rings. The second kappa shape index (κ2) is 7.49. The molecule has 0 atom stereocenters. The van der Waals surface area contributed by atoms with E-state index in [4.69, 9.17) is 0 Å². The van der Waals surface area contributed by atoms with Crippen molar-refractivity contribution in [2.24, 2.45) is 0 Å². The van der Waals surface area contributed by atoms with Crippen molar-refractivity contribution in [2.45, 2.75) is 26.7 Å². The maximum Gasteiger partial charge on any atom is -0.0184 e. The van der Waals surface area contributed by atoms with Crippen molar-refractivity contribution in [1.82, 2.24) is 0 Å². The van der Waals surface area contributed by atoms with E-state index >= 15 is 0 Å². The van der Waals surface area contributed by atoms with Crippen LogP contribution in [0.1, 0.15) is 32.3 Å². The Morgan fingerprint density at radius 3 is 2.05 bits per heavy atom. The Bertz CT molecular complexity index is 571. The fourth-order valence-electron chi connectivity index (χ4n) is 2.23. The zero-order valence-electron chi connectivity index (χ0n) is 12.3. The highest BCUT2D eigenvalue weighted by molar-refractivity contribution is 5.76. The van der Waals surface area contributed by atoms with Crippen molar-refractivity contribution >= 4 is 5.57 Å². The van der Waals surface area contributed by atoms with Gasteiger partial charge in [0.25, 0.3) is 0 Å². The normalized spacial score (nSPS) is 12.0. The fraction of sp³-hybridized carbons (Fsp3) is 0.200. The average Bonchev–Trinajstić information content (AvgIpc) is 2.52. The van der Waals surface area contributed by atoms with Crippen LogP contribution in [0.25, 0.3) is 16.7 Å². The van der Waals surface area contributed by atoms with Gasteiger partial charge >= 0.3 is 0 Å². The molecule has 2 aromatic carbocycles. The first-order chi connectivity index (χ1) is 9.85. The molecule has 0 aliphatic rings. The second-order valence-corrected chi connectivity index (χ2v) is 4.82. The van der Waals surface area contributed by atoms with Gasteiger partial charge in [-0.25, -0.2) is 0 Å². The van der Waals surface area contributed by atoms with Gasteiger partial charge in [-0.3, -0.25) is 0 Å². The maximum atomic E-state index is 2.28. The van der Waals surface area contributed by atoms with Crippen LogP contribution in [0.5, 0.6) is 0 Å². The molecule has 2 rings (SSSR count). The minimum atomic E-state index is 1.06. The summed E-state index contributed by atoms with van der Waals surface area (Å²) in [6, 6.07) is 19.3. The summed E-state index contributed by atoms with van der Waals surface area (Å²) < 4.78 is 0. The lowest BCUT2D eigenvalue weighted by molar-refractivity contribution is 1.21. The van der Waals surface area contributed by atoms with E-state index in [1.807, 2.05) is 0 Å². The van der Waals surface area contributed by atoms with Crippen molar-refractivity contribution in [1.29, 1.82) is 0 Å². The summed E-state index contributed by atoms with van der Waals surface area (Å²) >= 11 is 0. The molecular formula is C20H22. The molecule has 0 aromatic heterocycles. The molecule has 0 saturated heterocycles.